The highest BCUT2D eigenvalue weighted by molar-refractivity contribution is 6.34. The molecule has 0 aliphatic carbocycles. The maximum atomic E-state index is 13.0. The highest BCUT2D eigenvalue weighted by Crippen LogP contribution is 2.25. The van der Waals surface area contributed by atoms with Crippen molar-refractivity contribution in [3.63, 3.8) is 0 Å². The highest BCUT2D eigenvalue weighted by Gasteiger charge is 2.30. The molecule has 0 spiro atoms. The normalized spacial score (nSPS) is 14.2. The summed E-state index contributed by atoms with van der Waals surface area (Å²) < 4.78 is 13.0. The summed E-state index contributed by atoms with van der Waals surface area (Å²) in [5, 5.41) is 2.67. The van der Waals surface area contributed by atoms with Crippen molar-refractivity contribution < 1.29 is 18.8 Å². The van der Waals surface area contributed by atoms with Gasteiger partial charge in [-0.05, 0) is 42.5 Å². The number of hydrogen-bond acceptors (Lipinski definition) is 3. The number of imide groups is 1. The van der Waals surface area contributed by atoms with E-state index in [1.165, 1.54) is 36.4 Å². The van der Waals surface area contributed by atoms with Crippen LogP contribution in [0.25, 0.3) is 0 Å². The van der Waals surface area contributed by atoms with Crippen molar-refractivity contribution in [3.05, 3.63) is 58.9 Å². The third kappa shape index (κ3) is 3.14. The van der Waals surface area contributed by atoms with Crippen molar-refractivity contribution in [1.29, 1.82) is 0 Å². The van der Waals surface area contributed by atoms with Gasteiger partial charge in [0.05, 0.1) is 16.4 Å². The van der Waals surface area contributed by atoms with Gasteiger partial charge in [0.25, 0.3) is 5.91 Å². The van der Waals surface area contributed by atoms with E-state index in [1.54, 1.807) is 0 Å². The Morgan fingerprint density at radius 1 is 1.04 bits per heavy atom. The van der Waals surface area contributed by atoms with Crippen LogP contribution in [0.5, 0.6) is 0 Å². The Morgan fingerprint density at radius 2 is 1.67 bits per heavy atom. The lowest BCUT2D eigenvalue weighted by Crippen LogP contribution is -2.28. The molecule has 5 nitrogen and oxygen atoms in total. The van der Waals surface area contributed by atoms with Gasteiger partial charge in [0.2, 0.25) is 11.8 Å². The number of nitrogens with zero attached hydrogens (tertiary/aromatic N) is 1. The summed E-state index contributed by atoms with van der Waals surface area (Å²) in [6.45, 7) is 0. The predicted molar refractivity (Wildman–Crippen MR) is 87.5 cm³/mol. The van der Waals surface area contributed by atoms with Crippen LogP contribution in [0.3, 0.4) is 0 Å². The molecule has 24 heavy (non-hydrogen) atoms. The summed E-state index contributed by atoms with van der Waals surface area (Å²) in [6.07, 6.45) is 0.397. The largest absolute Gasteiger partial charge is 0.321 e. The fraction of sp³-hybridized carbons (Fsp3) is 0.118. The molecule has 0 radical (unpaired) electrons. The summed E-state index contributed by atoms with van der Waals surface area (Å²) in [5.41, 5.74) is 1.04. The van der Waals surface area contributed by atoms with Crippen molar-refractivity contribution in [2.75, 3.05) is 10.2 Å². The number of carbonyl (C=O) groups excluding carboxylic acids is 3. The first-order valence-electron chi connectivity index (χ1n) is 7.18. The zero-order valence-electron chi connectivity index (χ0n) is 12.4. The van der Waals surface area contributed by atoms with E-state index in [-0.39, 0.29) is 35.4 Å². The number of benzene rings is 2. The van der Waals surface area contributed by atoms with Crippen LogP contribution in [0, 0.1) is 5.82 Å². The second-order valence-electron chi connectivity index (χ2n) is 5.25. The third-order valence-electron chi connectivity index (χ3n) is 3.62. The molecule has 1 aliphatic rings. The number of amides is 3. The van der Waals surface area contributed by atoms with Gasteiger partial charge in [-0.3, -0.25) is 19.3 Å². The lowest BCUT2D eigenvalue weighted by molar-refractivity contribution is -0.121. The molecule has 1 N–H and O–H groups in total. The number of halogens is 2. The maximum absolute atomic E-state index is 13.0. The van der Waals surface area contributed by atoms with E-state index in [1.807, 2.05) is 0 Å². The lowest BCUT2D eigenvalue weighted by Gasteiger charge is -2.14. The molecule has 0 atom stereocenters. The maximum Gasteiger partial charge on any atom is 0.255 e. The molecule has 2 aromatic carbocycles. The fourth-order valence-corrected chi connectivity index (χ4v) is 2.63. The Morgan fingerprint density at radius 3 is 2.25 bits per heavy atom. The first kappa shape index (κ1) is 16.1. The molecule has 2 aromatic rings. The molecule has 1 heterocycles. The van der Waals surface area contributed by atoms with E-state index in [9.17, 15) is 18.8 Å². The Kier molecular flexibility index (Phi) is 4.31. The number of rotatable bonds is 3. The zero-order chi connectivity index (χ0) is 17.3. The summed E-state index contributed by atoms with van der Waals surface area (Å²) in [6, 6.07) is 9.72. The lowest BCUT2D eigenvalue weighted by atomic mass is 10.1. The average molecular weight is 347 g/mol. The zero-order valence-corrected chi connectivity index (χ0v) is 13.1. The van der Waals surface area contributed by atoms with Gasteiger partial charge in [-0.15, -0.1) is 0 Å². The summed E-state index contributed by atoms with van der Waals surface area (Å²) in [5.74, 6) is -1.44. The molecule has 0 bridgehead atoms. The van der Waals surface area contributed by atoms with Crippen LogP contribution in [-0.4, -0.2) is 17.7 Å². The van der Waals surface area contributed by atoms with Crippen LogP contribution in [-0.2, 0) is 9.59 Å². The van der Waals surface area contributed by atoms with Gasteiger partial charge in [0.1, 0.15) is 5.82 Å². The van der Waals surface area contributed by atoms with E-state index in [0.717, 1.165) is 11.0 Å². The Balaban J connectivity index is 1.76. The topological polar surface area (TPSA) is 66.5 Å². The van der Waals surface area contributed by atoms with Gasteiger partial charge in [0, 0.05) is 18.4 Å². The number of carbonyl (C=O) groups is 3. The highest BCUT2D eigenvalue weighted by atomic mass is 35.5. The average Bonchev–Trinajstić information content (AvgIpc) is 2.89. The van der Waals surface area contributed by atoms with Crippen molar-refractivity contribution in [3.8, 4) is 0 Å². The van der Waals surface area contributed by atoms with Crippen LogP contribution in [0.2, 0.25) is 5.02 Å². The SMILES string of the molecule is O=C(Nc1ccc(F)cc1Cl)c1ccc(N2C(=O)CCC2=O)cc1. The van der Waals surface area contributed by atoms with Gasteiger partial charge in [-0.1, -0.05) is 11.6 Å². The molecule has 0 aromatic heterocycles. The van der Waals surface area contributed by atoms with E-state index < -0.39 is 11.7 Å². The van der Waals surface area contributed by atoms with Crippen LogP contribution in [0.1, 0.15) is 23.2 Å². The molecule has 3 rings (SSSR count). The summed E-state index contributed by atoms with van der Waals surface area (Å²) in [7, 11) is 0. The number of nitrogens with one attached hydrogen (secondary N) is 1. The molecule has 1 aliphatic heterocycles. The third-order valence-corrected chi connectivity index (χ3v) is 3.93. The van der Waals surface area contributed by atoms with Gasteiger partial charge < -0.3 is 5.32 Å². The molecule has 0 unspecified atom stereocenters. The van der Waals surface area contributed by atoms with E-state index in [4.69, 9.17) is 11.6 Å². The number of hydrogen-bond donors (Lipinski definition) is 1. The minimum atomic E-state index is -0.498. The van der Waals surface area contributed by atoms with Crippen molar-refractivity contribution in [1.82, 2.24) is 0 Å². The van der Waals surface area contributed by atoms with Crippen molar-refractivity contribution in [2.45, 2.75) is 12.8 Å². The smallest absolute Gasteiger partial charge is 0.255 e. The van der Waals surface area contributed by atoms with E-state index >= 15 is 0 Å². The molecular formula is C17H12ClFN2O3. The second-order valence-corrected chi connectivity index (χ2v) is 5.66. The minimum absolute atomic E-state index is 0.0910. The summed E-state index contributed by atoms with van der Waals surface area (Å²) in [4.78, 5) is 36.7. The molecule has 3 amide bonds. The van der Waals surface area contributed by atoms with Gasteiger partial charge in [-0.2, -0.15) is 0 Å². The van der Waals surface area contributed by atoms with Crippen LogP contribution < -0.4 is 10.2 Å². The summed E-state index contributed by atoms with van der Waals surface area (Å²) >= 11 is 5.87. The Labute approximate surface area is 142 Å². The minimum Gasteiger partial charge on any atom is -0.321 e. The van der Waals surface area contributed by atoms with Gasteiger partial charge in [0.15, 0.2) is 0 Å². The predicted octanol–water partition coefficient (Wildman–Crippen LogP) is 3.38. The standard InChI is InChI=1S/C17H12ClFN2O3/c18-13-9-11(19)3-6-14(13)20-17(24)10-1-4-12(5-2-10)21-15(22)7-8-16(21)23/h1-6,9H,7-8H2,(H,20,24). The quantitative estimate of drug-likeness (QED) is 0.866. The molecule has 1 saturated heterocycles. The molecule has 0 saturated carbocycles. The second kappa shape index (κ2) is 6.41. The van der Waals surface area contributed by atoms with Crippen LogP contribution in [0.15, 0.2) is 42.5 Å². The van der Waals surface area contributed by atoms with Crippen molar-refractivity contribution >= 4 is 40.7 Å². The van der Waals surface area contributed by atoms with Crippen molar-refractivity contribution in [2.24, 2.45) is 0 Å². The molecule has 122 valence electrons. The van der Waals surface area contributed by atoms with Crippen LogP contribution in [0.4, 0.5) is 15.8 Å². The van der Waals surface area contributed by atoms with Crippen LogP contribution >= 0.6 is 11.6 Å². The molecular weight excluding hydrogens is 335 g/mol. The Bertz CT molecular complexity index is 820. The number of anilines is 2. The first-order chi connectivity index (χ1) is 11.5. The van der Waals surface area contributed by atoms with E-state index in [0.29, 0.717) is 11.3 Å². The Hall–Kier alpha value is -2.73. The monoisotopic (exact) mass is 346 g/mol. The first-order valence-corrected chi connectivity index (χ1v) is 7.56. The molecule has 7 heteroatoms. The fourth-order valence-electron chi connectivity index (χ4n) is 2.41. The van der Waals surface area contributed by atoms with E-state index in [2.05, 4.69) is 5.32 Å². The van der Waals surface area contributed by atoms with Gasteiger partial charge >= 0.3 is 0 Å². The van der Waals surface area contributed by atoms with Gasteiger partial charge in [-0.25, -0.2) is 4.39 Å². The molecule has 1 fully saturated rings.